The van der Waals surface area contributed by atoms with Crippen LogP contribution in [-0.4, -0.2) is 0 Å². The molecule has 1 aliphatic carbocycles. The first-order valence-corrected chi connectivity index (χ1v) is 20.4. The van der Waals surface area contributed by atoms with Crippen molar-refractivity contribution in [2.45, 2.75) is 44.9 Å². The molecule has 3 aliphatic rings. The maximum Gasteiger partial charge on any atom is 0.143 e. The Hall–Kier alpha value is -6.84. The molecule has 0 spiro atoms. The van der Waals surface area contributed by atoms with E-state index >= 15 is 0 Å². The number of furan rings is 1. The Bertz CT molecular complexity index is 3050. The van der Waals surface area contributed by atoms with Gasteiger partial charge >= 0.3 is 0 Å². The Balaban J connectivity index is 1.06. The number of para-hydroxylation sites is 5. The maximum atomic E-state index is 7.10. The van der Waals surface area contributed by atoms with Crippen molar-refractivity contribution < 1.29 is 4.42 Å². The van der Waals surface area contributed by atoms with E-state index in [9.17, 15) is 0 Å². The summed E-state index contributed by atoms with van der Waals surface area (Å²) < 4.78 is 7.10. The van der Waals surface area contributed by atoms with E-state index in [1.54, 1.807) is 0 Å². The van der Waals surface area contributed by atoms with Crippen LogP contribution in [-0.2, 0) is 10.8 Å². The molecule has 8 aromatic rings. The molecule has 7 aromatic carbocycles. The molecule has 58 heavy (non-hydrogen) atoms. The number of anilines is 5. The van der Waals surface area contributed by atoms with Crippen LogP contribution in [0.5, 0.6) is 0 Å². The van der Waals surface area contributed by atoms with Gasteiger partial charge in [-0.1, -0.05) is 155 Å². The van der Waals surface area contributed by atoms with E-state index in [1.807, 2.05) is 0 Å². The number of hydrogen-bond donors (Lipinski definition) is 0. The highest BCUT2D eigenvalue weighted by molar-refractivity contribution is 6.13. The fraction of sp³-hybridized carbons (Fsp3) is 0.127. The summed E-state index contributed by atoms with van der Waals surface area (Å²) in [6.45, 7) is 9.42. The molecule has 3 nitrogen and oxygen atoms in total. The molecule has 0 N–H and O–H groups in total. The molecule has 0 saturated heterocycles. The first kappa shape index (κ1) is 34.4. The third-order valence-electron chi connectivity index (χ3n) is 12.9. The highest BCUT2D eigenvalue weighted by atomic mass is 16.3. The lowest BCUT2D eigenvalue weighted by Gasteiger charge is -2.42. The van der Waals surface area contributed by atoms with Crippen molar-refractivity contribution in [1.82, 2.24) is 0 Å². The first-order chi connectivity index (χ1) is 28.3. The molecule has 0 fully saturated rings. The maximum absolute atomic E-state index is 7.10. The Morgan fingerprint density at radius 2 is 0.983 bits per heavy atom. The second kappa shape index (κ2) is 12.8. The van der Waals surface area contributed by atoms with Crippen molar-refractivity contribution in [3.8, 4) is 22.3 Å². The van der Waals surface area contributed by atoms with Gasteiger partial charge in [-0.15, -0.1) is 0 Å². The molecule has 0 unspecified atom stereocenters. The quantitative estimate of drug-likeness (QED) is 0.179. The van der Waals surface area contributed by atoms with E-state index in [1.165, 1.54) is 50.7 Å². The average molecular weight is 749 g/mol. The molecule has 280 valence electrons. The van der Waals surface area contributed by atoms with Crippen LogP contribution in [0.3, 0.4) is 0 Å². The minimum Gasteiger partial charge on any atom is -0.455 e. The topological polar surface area (TPSA) is 19.6 Å². The molecule has 1 aromatic heterocycles. The zero-order valence-electron chi connectivity index (χ0n) is 33.3. The summed E-state index contributed by atoms with van der Waals surface area (Å²) in [4.78, 5) is 4.85. The van der Waals surface area contributed by atoms with Gasteiger partial charge in [-0.3, -0.25) is 0 Å². The predicted octanol–water partition coefficient (Wildman–Crippen LogP) is 15.2. The Kier molecular flexibility index (Phi) is 7.62. The van der Waals surface area contributed by atoms with Gasteiger partial charge in [0.15, 0.2) is 0 Å². The van der Waals surface area contributed by atoms with Crippen LogP contribution in [0.4, 0.5) is 28.4 Å². The summed E-state index contributed by atoms with van der Waals surface area (Å²) >= 11 is 0. The number of hydrogen-bond acceptors (Lipinski definition) is 3. The molecule has 0 bridgehead atoms. The Morgan fingerprint density at radius 3 is 1.59 bits per heavy atom. The van der Waals surface area contributed by atoms with Gasteiger partial charge in [0.25, 0.3) is 0 Å². The third-order valence-corrected chi connectivity index (χ3v) is 12.9. The van der Waals surface area contributed by atoms with E-state index in [0.717, 1.165) is 56.3 Å². The molecule has 11 rings (SSSR count). The lowest BCUT2D eigenvalue weighted by atomic mass is 9.73. The monoisotopic (exact) mass is 748 g/mol. The summed E-state index contributed by atoms with van der Waals surface area (Å²) in [5.74, 6) is 0. The van der Waals surface area contributed by atoms with Gasteiger partial charge in [0, 0.05) is 44.1 Å². The number of fused-ring (bicyclic) bond motifs is 7. The standard InChI is InChI=1S/C55H44N2O/c1-54(2)44-26-12-14-28-48(44)56(38-18-8-5-6-9-19-38)50-32-30-36(34-46(50)54)40-22-16-24-42-43-25-17-23-41(53(43)58-52(40)42)37-31-33-51-47(35-37)55(3,4)45-27-13-15-29-49(45)57(51)39-20-10-7-11-21-39/h5-8,10-35H,9H2,1-4H3. The number of allylic oxidation sites excluding steroid dienone is 5. The number of nitrogens with zero attached hydrogens (tertiary/aromatic N) is 2. The van der Waals surface area contributed by atoms with Gasteiger partial charge < -0.3 is 14.2 Å². The van der Waals surface area contributed by atoms with Crippen LogP contribution in [0.2, 0.25) is 0 Å². The van der Waals surface area contributed by atoms with E-state index < -0.39 is 0 Å². The average Bonchev–Trinajstić information content (AvgIpc) is 3.43. The van der Waals surface area contributed by atoms with Crippen molar-refractivity contribution >= 4 is 50.4 Å². The third kappa shape index (κ3) is 5.06. The van der Waals surface area contributed by atoms with Crippen molar-refractivity contribution in [3.63, 3.8) is 0 Å². The molecular formula is C55H44N2O. The zero-order chi connectivity index (χ0) is 39.2. The molecule has 0 atom stereocenters. The van der Waals surface area contributed by atoms with Gasteiger partial charge in [-0.25, -0.2) is 0 Å². The van der Waals surface area contributed by atoms with Crippen LogP contribution in [0, 0.1) is 0 Å². The van der Waals surface area contributed by atoms with Crippen molar-refractivity contribution in [2.75, 3.05) is 9.80 Å². The minimum absolute atomic E-state index is 0.210. The summed E-state index contributed by atoms with van der Waals surface area (Å²) in [6.07, 6.45) is 11.9. The van der Waals surface area contributed by atoms with Crippen molar-refractivity contribution in [1.29, 1.82) is 0 Å². The summed E-state index contributed by atoms with van der Waals surface area (Å²) in [7, 11) is 0. The number of rotatable bonds is 4. The van der Waals surface area contributed by atoms with Gasteiger partial charge in [-0.2, -0.15) is 0 Å². The molecule has 3 heteroatoms. The molecule has 0 saturated carbocycles. The van der Waals surface area contributed by atoms with Crippen LogP contribution >= 0.6 is 0 Å². The van der Waals surface area contributed by atoms with Crippen LogP contribution in [0.15, 0.2) is 192 Å². The van der Waals surface area contributed by atoms with Gasteiger partial charge in [-0.05, 0) is 94.4 Å². The van der Waals surface area contributed by atoms with E-state index in [4.69, 9.17) is 4.42 Å². The Labute approximate surface area is 340 Å². The van der Waals surface area contributed by atoms with E-state index in [0.29, 0.717) is 0 Å². The lowest BCUT2D eigenvalue weighted by molar-refractivity contribution is 0.630. The van der Waals surface area contributed by atoms with Gasteiger partial charge in [0.05, 0.1) is 22.7 Å². The SMILES string of the molecule is CC1(C)c2ccccc2N(C2=CCC=CC=C2)c2ccc(-c3cccc4c3oc3c(-c5ccc6c(c5)C(C)(C)c5ccccc5N6c5ccccc5)cccc34)cc21. The molecule has 0 radical (unpaired) electrons. The lowest BCUT2D eigenvalue weighted by Crippen LogP contribution is -2.32. The summed E-state index contributed by atoms with van der Waals surface area (Å²) in [5.41, 5.74) is 18.4. The molecule has 3 heterocycles. The van der Waals surface area contributed by atoms with Crippen LogP contribution in [0.1, 0.15) is 56.4 Å². The summed E-state index contributed by atoms with van der Waals surface area (Å²) in [5, 5.41) is 2.25. The smallest absolute Gasteiger partial charge is 0.143 e. The molecular weight excluding hydrogens is 705 g/mol. The minimum atomic E-state index is -0.211. The highest BCUT2D eigenvalue weighted by Crippen LogP contribution is 2.54. The van der Waals surface area contributed by atoms with Crippen LogP contribution < -0.4 is 9.80 Å². The number of benzene rings is 7. The van der Waals surface area contributed by atoms with Gasteiger partial charge in [0.1, 0.15) is 11.2 Å². The molecule has 0 amide bonds. The predicted molar refractivity (Wildman–Crippen MR) is 243 cm³/mol. The first-order valence-electron chi connectivity index (χ1n) is 20.4. The van der Waals surface area contributed by atoms with E-state index in [-0.39, 0.29) is 10.8 Å². The van der Waals surface area contributed by atoms with E-state index in [2.05, 4.69) is 220 Å². The zero-order valence-corrected chi connectivity index (χ0v) is 33.3. The fourth-order valence-electron chi connectivity index (χ4n) is 9.88. The van der Waals surface area contributed by atoms with Crippen molar-refractivity contribution in [3.05, 3.63) is 210 Å². The summed E-state index contributed by atoms with van der Waals surface area (Å²) in [6, 6.07) is 55.6. The second-order valence-corrected chi connectivity index (χ2v) is 16.9. The van der Waals surface area contributed by atoms with Crippen LogP contribution in [0.25, 0.3) is 44.2 Å². The van der Waals surface area contributed by atoms with Gasteiger partial charge in [0.2, 0.25) is 0 Å². The molecule has 2 aliphatic heterocycles. The largest absolute Gasteiger partial charge is 0.455 e. The fourth-order valence-corrected chi connectivity index (χ4v) is 9.88. The van der Waals surface area contributed by atoms with Crippen molar-refractivity contribution in [2.24, 2.45) is 0 Å². The second-order valence-electron chi connectivity index (χ2n) is 16.9. The normalized spacial score (nSPS) is 16.0. The Morgan fingerprint density at radius 1 is 0.466 bits per heavy atom. The highest BCUT2D eigenvalue weighted by Gasteiger charge is 2.39.